The maximum atomic E-state index is 11.2. The molecule has 0 aromatic carbocycles. The number of carbonyl (C=O) groups is 2. The number of ether oxygens (including phenoxy) is 1. The predicted molar refractivity (Wildman–Crippen MR) is 74.2 cm³/mol. The van der Waals surface area contributed by atoms with Crippen molar-refractivity contribution >= 4 is 23.2 Å². The Morgan fingerprint density at radius 3 is 2.53 bits per heavy atom. The topological polar surface area (TPSA) is 75.6 Å². The van der Waals surface area contributed by atoms with Crippen molar-refractivity contribution in [2.24, 2.45) is 0 Å². The molecule has 0 aliphatic rings. The van der Waals surface area contributed by atoms with Crippen LogP contribution in [0.25, 0.3) is 0 Å². The Morgan fingerprint density at radius 2 is 2.05 bits per heavy atom. The highest BCUT2D eigenvalue weighted by Crippen LogP contribution is 2.36. The molecule has 0 unspecified atom stereocenters. The first kappa shape index (κ1) is 15.5. The maximum Gasteiger partial charge on any atom is 0.349 e. The SMILES string of the molecule is CNC(=O)CCOc1cc(C(C)(C)C)sc1C(=O)O. The summed E-state index contributed by atoms with van der Waals surface area (Å²) in [5, 5.41) is 11.6. The third-order valence-corrected chi connectivity index (χ3v) is 4.03. The van der Waals surface area contributed by atoms with E-state index in [0.29, 0.717) is 5.75 Å². The van der Waals surface area contributed by atoms with Gasteiger partial charge >= 0.3 is 5.97 Å². The van der Waals surface area contributed by atoms with E-state index in [1.54, 1.807) is 13.1 Å². The lowest BCUT2D eigenvalue weighted by Gasteiger charge is -2.14. The molecule has 19 heavy (non-hydrogen) atoms. The standard InChI is InChI=1S/C13H19NO4S/c1-13(2,3)9-7-8(11(19-9)12(16)17)18-6-5-10(15)14-4/h7H,5-6H2,1-4H3,(H,14,15)(H,16,17). The Balaban J connectivity index is 2.84. The van der Waals surface area contributed by atoms with Crippen molar-refractivity contribution in [1.29, 1.82) is 0 Å². The van der Waals surface area contributed by atoms with Crippen LogP contribution >= 0.6 is 11.3 Å². The summed E-state index contributed by atoms with van der Waals surface area (Å²) in [5.74, 6) is -0.801. The fourth-order valence-corrected chi connectivity index (χ4v) is 2.38. The molecule has 0 radical (unpaired) electrons. The molecule has 0 fully saturated rings. The minimum atomic E-state index is -1.00. The molecule has 0 aliphatic carbocycles. The molecule has 0 aliphatic heterocycles. The molecule has 0 bridgehead atoms. The number of amides is 1. The van der Waals surface area contributed by atoms with Gasteiger partial charge in [0.05, 0.1) is 13.0 Å². The summed E-state index contributed by atoms with van der Waals surface area (Å²) in [7, 11) is 1.55. The molecule has 5 nitrogen and oxygen atoms in total. The highest BCUT2D eigenvalue weighted by Gasteiger charge is 2.23. The Bertz CT molecular complexity index is 473. The van der Waals surface area contributed by atoms with Crippen molar-refractivity contribution in [2.75, 3.05) is 13.7 Å². The Morgan fingerprint density at radius 1 is 1.42 bits per heavy atom. The molecular formula is C13H19NO4S. The summed E-state index contributed by atoms with van der Waals surface area (Å²) < 4.78 is 5.42. The number of aromatic carboxylic acids is 1. The molecule has 1 rings (SSSR count). The number of hydrogen-bond acceptors (Lipinski definition) is 4. The van der Waals surface area contributed by atoms with Crippen molar-refractivity contribution in [3.63, 3.8) is 0 Å². The van der Waals surface area contributed by atoms with E-state index in [4.69, 9.17) is 9.84 Å². The van der Waals surface area contributed by atoms with Gasteiger partial charge in [0.2, 0.25) is 5.91 Å². The number of carboxylic acids is 1. The largest absolute Gasteiger partial charge is 0.491 e. The molecule has 1 amide bonds. The van der Waals surface area contributed by atoms with E-state index in [-0.39, 0.29) is 29.2 Å². The minimum absolute atomic E-state index is 0.128. The number of hydrogen-bond donors (Lipinski definition) is 2. The highest BCUT2D eigenvalue weighted by molar-refractivity contribution is 7.14. The molecular weight excluding hydrogens is 266 g/mol. The molecule has 0 spiro atoms. The quantitative estimate of drug-likeness (QED) is 0.870. The number of carboxylic acid groups (broad SMARTS) is 1. The lowest BCUT2D eigenvalue weighted by molar-refractivity contribution is -0.121. The summed E-state index contributed by atoms with van der Waals surface area (Å²) in [4.78, 5) is 23.4. The van der Waals surface area contributed by atoms with Gasteiger partial charge in [-0.15, -0.1) is 11.3 Å². The second-order valence-corrected chi connectivity index (χ2v) is 6.18. The van der Waals surface area contributed by atoms with Gasteiger partial charge in [0, 0.05) is 11.9 Å². The second-order valence-electron chi connectivity index (χ2n) is 5.13. The van der Waals surface area contributed by atoms with Crippen LogP contribution in [0.1, 0.15) is 41.7 Å². The van der Waals surface area contributed by atoms with E-state index in [0.717, 1.165) is 4.88 Å². The van der Waals surface area contributed by atoms with Crippen LogP contribution in [0, 0.1) is 0 Å². The minimum Gasteiger partial charge on any atom is -0.491 e. The number of nitrogens with one attached hydrogen (secondary N) is 1. The van der Waals surface area contributed by atoms with E-state index >= 15 is 0 Å². The van der Waals surface area contributed by atoms with E-state index in [1.807, 2.05) is 20.8 Å². The van der Waals surface area contributed by atoms with Gasteiger partial charge in [0.1, 0.15) is 5.75 Å². The monoisotopic (exact) mass is 285 g/mol. The van der Waals surface area contributed by atoms with Gasteiger partial charge in [-0.1, -0.05) is 20.8 Å². The molecule has 0 saturated carbocycles. The van der Waals surface area contributed by atoms with E-state index in [9.17, 15) is 9.59 Å². The first-order valence-electron chi connectivity index (χ1n) is 5.96. The molecule has 1 heterocycles. The predicted octanol–water partition coefficient (Wildman–Crippen LogP) is 2.26. The number of thiophene rings is 1. The zero-order valence-electron chi connectivity index (χ0n) is 11.6. The fourth-order valence-electron chi connectivity index (χ4n) is 1.38. The Kier molecular flexibility index (Phi) is 4.94. The smallest absolute Gasteiger partial charge is 0.349 e. The lowest BCUT2D eigenvalue weighted by atomic mass is 9.95. The van der Waals surface area contributed by atoms with Crippen LogP contribution < -0.4 is 10.1 Å². The van der Waals surface area contributed by atoms with E-state index in [2.05, 4.69) is 5.32 Å². The number of carbonyl (C=O) groups excluding carboxylic acids is 1. The third-order valence-electron chi connectivity index (χ3n) is 2.50. The van der Waals surface area contributed by atoms with Gasteiger partial charge in [-0.2, -0.15) is 0 Å². The summed E-state index contributed by atoms with van der Waals surface area (Å²) in [6.07, 6.45) is 0.205. The van der Waals surface area contributed by atoms with Gasteiger partial charge < -0.3 is 15.2 Å². The van der Waals surface area contributed by atoms with Gasteiger partial charge in [0.25, 0.3) is 0 Å². The van der Waals surface area contributed by atoms with Gasteiger partial charge in [0.15, 0.2) is 4.88 Å². The first-order chi connectivity index (χ1) is 8.75. The molecule has 0 atom stereocenters. The molecule has 1 aromatic rings. The molecule has 106 valence electrons. The number of rotatable bonds is 5. The first-order valence-corrected chi connectivity index (χ1v) is 6.78. The van der Waals surface area contributed by atoms with E-state index < -0.39 is 5.97 Å². The summed E-state index contributed by atoms with van der Waals surface area (Å²) in [6, 6.07) is 1.75. The van der Waals surface area contributed by atoms with Crippen LogP contribution in [0.2, 0.25) is 0 Å². The second kappa shape index (κ2) is 6.06. The third kappa shape index (κ3) is 4.24. The van der Waals surface area contributed by atoms with Crippen molar-refractivity contribution in [3.05, 3.63) is 15.8 Å². The van der Waals surface area contributed by atoms with Crippen molar-refractivity contribution in [1.82, 2.24) is 5.32 Å². The fraction of sp³-hybridized carbons (Fsp3) is 0.538. The summed E-state index contributed by atoms with van der Waals surface area (Å²) in [6.45, 7) is 6.20. The van der Waals surface area contributed by atoms with Gasteiger partial charge in [-0.3, -0.25) is 4.79 Å². The average Bonchev–Trinajstić information content (AvgIpc) is 2.72. The van der Waals surface area contributed by atoms with Crippen LogP contribution in [0.15, 0.2) is 6.07 Å². The zero-order chi connectivity index (χ0) is 14.6. The lowest BCUT2D eigenvalue weighted by Crippen LogP contribution is -2.20. The van der Waals surface area contributed by atoms with Crippen LogP contribution in [0.5, 0.6) is 5.75 Å². The Labute approximate surface area is 116 Å². The molecule has 0 saturated heterocycles. The van der Waals surface area contributed by atoms with Crippen LogP contribution in [-0.2, 0) is 10.2 Å². The normalized spacial score (nSPS) is 11.2. The molecule has 6 heteroatoms. The maximum absolute atomic E-state index is 11.2. The van der Waals surface area contributed by atoms with Crippen molar-refractivity contribution in [2.45, 2.75) is 32.6 Å². The molecule has 2 N–H and O–H groups in total. The van der Waals surface area contributed by atoms with Gasteiger partial charge in [-0.25, -0.2) is 4.79 Å². The molecule has 1 aromatic heterocycles. The Hall–Kier alpha value is -1.56. The van der Waals surface area contributed by atoms with Crippen molar-refractivity contribution in [3.8, 4) is 5.75 Å². The van der Waals surface area contributed by atoms with E-state index in [1.165, 1.54) is 11.3 Å². The average molecular weight is 285 g/mol. The summed E-state index contributed by atoms with van der Waals surface area (Å²) in [5.41, 5.74) is -0.128. The van der Waals surface area contributed by atoms with Crippen LogP contribution in [0.4, 0.5) is 0 Å². The van der Waals surface area contributed by atoms with Crippen LogP contribution in [0.3, 0.4) is 0 Å². The highest BCUT2D eigenvalue weighted by atomic mass is 32.1. The zero-order valence-corrected chi connectivity index (χ0v) is 12.4. The van der Waals surface area contributed by atoms with Gasteiger partial charge in [-0.05, 0) is 11.5 Å². The van der Waals surface area contributed by atoms with Crippen LogP contribution in [-0.4, -0.2) is 30.6 Å². The van der Waals surface area contributed by atoms with Crippen molar-refractivity contribution < 1.29 is 19.4 Å². The summed E-state index contributed by atoms with van der Waals surface area (Å²) >= 11 is 1.21.